The number of nitrogens with one attached hydrogen (secondary N) is 1. The molecule has 3 rings (SSSR count). The molecule has 0 unspecified atom stereocenters. The molecule has 1 amide bonds. The lowest BCUT2D eigenvalue weighted by Gasteiger charge is -2.36. The summed E-state index contributed by atoms with van der Waals surface area (Å²) in [6, 6.07) is 0.356. The quantitative estimate of drug-likeness (QED) is 0.814. The Bertz CT molecular complexity index is 447. The summed E-state index contributed by atoms with van der Waals surface area (Å²) in [6.07, 6.45) is 2.33. The van der Waals surface area contributed by atoms with Gasteiger partial charge in [0.2, 0.25) is 0 Å². The highest BCUT2D eigenvalue weighted by Crippen LogP contribution is 2.27. The van der Waals surface area contributed by atoms with E-state index in [9.17, 15) is 4.79 Å². The number of hydrogen-bond acceptors (Lipinski definition) is 5. The smallest absolute Gasteiger partial charge is 0.273 e. The highest BCUT2D eigenvalue weighted by molar-refractivity contribution is 7.09. The van der Waals surface area contributed by atoms with E-state index in [0.29, 0.717) is 24.2 Å². The molecule has 1 aromatic heterocycles. The van der Waals surface area contributed by atoms with Gasteiger partial charge in [0.1, 0.15) is 10.7 Å². The maximum absolute atomic E-state index is 12.5. The van der Waals surface area contributed by atoms with Crippen molar-refractivity contribution in [2.45, 2.75) is 25.4 Å². The Morgan fingerprint density at radius 1 is 1.61 bits per heavy atom. The number of fused-ring (bicyclic) bond motifs is 1. The minimum Gasteiger partial charge on any atom is -0.333 e. The minimum atomic E-state index is 0.0735. The number of rotatable bonds is 2. The summed E-state index contributed by atoms with van der Waals surface area (Å²) >= 11 is 1.47. The summed E-state index contributed by atoms with van der Waals surface area (Å²) in [6.45, 7) is 3.23. The first-order valence-electron chi connectivity index (χ1n) is 6.45. The highest BCUT2D eigenvalue weighted by atomic mass is 32.1. The number of nitrogens with two attached hydrogens (primary N) is 1. The van der Waals surface area contributed by atoms with E-state index in [-0.39, 0.29) is 5.91 Å². The molecule has 2 atom stereocenters. The Labute approximate surface area is 110 Å². The van der Waals surface area contributed by atoms with Gasteiger partial charge in [-0.25, -0.2) is 4.98 Å². The van der Waals surface area contributed by atoms with E-state index in [1.165, 1.54) is 17.8 Å². The molecule has 0 bridgehead atoms. The van der Waals surface area contributed by atoms with Crippen molar-refractivity contribution in [3.63, 3.8) is 0 Å². The second kappa shape index (κ2) is 4.95. The van der Waals surface area contributed by atoms with Gasteiger partial charge >= 0.3 is 0 Å². The van der Waals surface area contributed by atoms with Gasteiger partial charge in [0.25, 0.3) is 5.91 Å². The average molecular weight is 266 g/mol. The molecule has 0 radical (unpaired) electrons. The zero-order chi connectivity index (χ0) is 12.5. The molecule has 6 heteroatoms. The number of piperidine rings is 1. The van der Waals surface area contributed by atoms with Crippen LogP contribution in [0.4, 0.5) is 0 Å². The molecule has 2 aliphatic heterocycles. The third-order valence-corrected chi connectivity index (χ3v) is 4.76. The lowest BCUT2D eigenvalue weighted by molar-refractivity contribution is 0.0569. The fraction of sp³-hybridized carbons (Fsp3) is 0.667. The normalized spacial score (nSPS) is 27.3. The van der Waals surface area contributed by atoms with E-state index in [1.54, 1.807) is 0 Å². The van der Waals surface area contributed by atoms with Gasteiger partial charge in [-0.15, -0.1) is 11.3 Å². The van der Waals surface area contributed by atoms with Crippen LogP contribution in [0.5, 0.6) is 0 Å². The summed E-state index contributed by atoms with van der Waals surface area (Å²) in [5, 5.41) is 6.05. The molecule has 5 nitrogen and oxygen atoms in total. The predicted octanol–water partition coefficient (Wildman–Crippen LogP) is 0.426. The Hall–Kier alpha value is -0.980. The zero-order valence-electron chi connectivity index (χ0n) is 10.3. The number of nitrogens with zero attached hydrogens (tertiary/aromatic N) is 2. The maximum atomic E-state index is 12.5. The van der Waals surface area contributed by atoms with Crippen LogP contribution in [-0.4, -0.2) is 41.5 Å². The molecule has 98 valence electrons. The SMILES string of the molecule is NCc1nc(C(=O)N2CCC[C@H]3CNC[C@H]32)cs1. The average Bonchev–Trinajstić information content (AvgIpc) is 3.05. The molecule has 0 saturated carbocycles. The lowest BCUT2D eigenvalue weighted by Crippen LogP contribution is -2.48. The molecule has 2 aliphatic rings. The second-order valence-corrected chi connectivity index (χ2v) is 5.90. The number of carbonyl (C=O) groups is 1. The van der Waals surface area contributed by atoms with Gasteiger partial charge in [0, 0.05) is 37.6 Å². The number of aromatic nitrogens is 1. The fourth-order valence-electron chi connectivity index (χ4n) is 2.97. The van der Waals surface area contributed by atoms with E-state index in [4.69, 9.17) is 5.73 Å². The molecule has 2 saturated heterocycles. The number of thiazole rings is 1. The molecule has 3 heterocycles. The molecule has 18 heavy (non-hydrogen) atoms. The van der Waals surface area contributed by atoms with Crippen molar-refractivity contribution in [3.8, 4) is 0 Å². The Morgan fingerprint density at radius 2 is 2.50 bits per heavy atom. The molecular formula is C12H18N4OS. The fourth-order valence-corrected chi connectivity index (χ4v) is 3.62. The van der Waals surface area contributed by atoms with Crippen LogP contribution in [0.3, 0.4) is 0 Å². The second-order valence-electron chi connectivity index (χ2n) is 4.96. The van der Waals surface area contributed by atoms with E-state index < -0.39 is 0 Å². The van der Waals surface area contributed by atoms with Crippen LogP contribution in [0.1, 0.15) is 28.3 Å². The van der Waals surface area contributed by atoms with Crippen molar-refractivity contribution in [1.29, 1.82) is 0 Å². The van der Waals surface area contributed by atoms with Crippen molar-refractivity contribution in [2.24, 2.45) is 11.7 Å². The Morgan fingerprint density at radius 3 is 3.28 bits per heavy atom. The summed E-state index contributed by atoms with van der Waals surface area (Å²) < 4.78 is 0. The lowest BCUT2D eigenvalue weighted by atomic mass is 9.92. The summed E-state index contributed by atoms with van der Waals surface area (Å²) in [5.74, 6) is 0.694. The number of hydrogen-bond donors (Lipinski definition) is 2. The van der Waals surface area contributed by atoms with Crippen LogP contribution in [0.25, 0.3) is 0 Å². The van der Waals surface area contributed by atoms with Crippen molar-refractivity contribution in [1.82, 2.24) is 15.2 Å². The summed E-state index contributed by atoms with van der Waals surface area (Å²) in [4.78, 5) is 18.8. The van der Waals surface area contributed by atoms with Crippen molar-refractivity contribution < 1.29 is 4.79 Å². The number of amides is 1. The zero-order valence-corrected chi connectivity index (χ0v) is 11.1. The number of carbonyl (C=O) groups excluding carboxylic acids is 1. The first kappa shape index (κ1) is 12.1. The van der Waals surface area contributed by atoms with Crippen LogP contribution in [0, 0.1) is 5.92 Å². The number of likely N-dealkylation sites (tertiary alicyclic amines) is 1. The van der Waals surface area contributed by atoms with E-state index in [2.05, 4.69) is 10.3 Å². The van der Waals surface area contributed by atoms with Crippen molar-refractivity contribution >= 4 is 17.2 Å². The molecule has 2 fully saturated rings. The standard InChI is InChI=1S/C12H18N4OS/c13-4-11-15-9(7-18-11)12(17)16-3-1-2-8-5-14-6-10(8)16/h7-8,10,14H,1-6,13H2/t8-,10+/m0/s1. The van der Waals surface area contributed by atoms with Gasteiger partial charge in [-0.1, -0.05) is 0 Å². The summed E-state index contributed by atoms with van der Waals surface area (Å²) in [5.41, 5.74) is 6.10. The minimum absolute atomic E-state index is 0.0735. The molecular weight excluding hydrogens is 248 g/mol. The third kappa shape index (κ3) is 2.04. The topological polar surface area (TPSA) is 71.2 Å². The van der Waals surface area contributed by atoms with Crippen LogP contribution < -0.4 is 11.1 Å². The van der Waals surface area contributed by atoms with E-state index >= 15 is 0 Å². The molecule has 1 aromatic rings. The van der Waals surface area contributed by atoms with Gasteiger partial charge in [-0.3, -0.25) is 4.79 Å². The highest BCUT2D eigenvalue weighted by Gasteiger charge is 2.38. The van der Waals surface area contributed by atoms with Crippen LogP contribution in [-0.2, 0) is 6.54 Å². The molecule has 0 aromatic carbocycles. The first-order chi connectivity index (χ1) is 8.79. The largest absolute Gasteiger partial charge is 0.333 e. The predicted molar refractivity (Wildman–Crippen MR) is 70.4 cm³/mol. The third-order valence-electron chi connectivity index (χ3n) is 3.88. The molecule has 0 aliphatic carbocycles. The van der Waals surface area contributed by atoms with Crippen molar-refractivity contribution in [3.05, 3.63) is 16.1 Å². The van der Waals surface area contributed by atoms with Crippen LogP contribution in [0.2, 0.25) is 0 Å². The van der Waals surface area contributed by atoms with Crippen LogP contribution >= 0.6 is 11.3 Å². The monoisotopic (exact) mass is 266 g/mol. The maximum Gasteiger partial charge on any atom is 0.273 e. The summed E-state index contributed by atoms with van der Waals surface area (Å²) in [7, 11) is 0. The molecule has 0 spiro atoms. The van der Waals surface area contributed by atoms with Gasteiger partial charge in [0.15, 0.2) is 0 Å². The van der Waals surface area contributed by atoms with Gasteiger partial charge in [-0.2, -0.15) is 0 Å². The molecule has 3 N–H and O–H groups in total. The van der Waals surface area contributed by atoms with Gasteiger partial charge in [0.05, 0.1) is 0 Å². The van der Waals surface area contributed by atoms with E-state index in [0.717, 1.165) is 31.1 Å². The van der Waals surface area contributed by atoms with Gasteiger partial charge in [-0.05, 0) is 18.8 Å². The first-order valence-corrected chi connectivity index (χ1v) is 7.33. The van der Waals surface area contributed by atoms with Crippen molar-refractivity contribution in [2.75, 3.05) is 19.6 Å². The Balaban J connectivity index is 1.78. The Kier molecular flexibility index (Phi) is 3.32. The van der Waals surface area contributed by atoms with Gasteiger partial charge < -0.3 is 16.0 Å². The van der Waals surface area contributed by atoms with Crippen LogP contribution in [0.15, 0.2) is 5.38 Å². The van der Waals surface area contributed by atoms with E-state index in [1.807, 2.05) is 10.3 Å².